The minimum absolute atomic E-state index is 0.00231. The molecule has 6 unspecified atom stereocenters. The Kier molecular flexibility index (Phi) is 7.43. The lowest BCUT2D eigenvalue weighted by atomic mass is 9.64. The molecule has 5 rings (SSSR count). The molecule has 0 amide bonds. The molecule has 0 spiro atoms. The SMILES string of the molecule is CC1CCC(C(C)(C)c2ccc3ccccc3c2)C(OC(=O)C2C(/C=C/[Si](C)(C)C)C2c2ccccc2)C1. The molecule has 3 aromatic rings. The second kappa shape index (κ2) is 10.5. The Bertz CT molecular complexity index is 1300. The molecule has 2 aliphatic carbocycles. The second-order valence-electron chi connectivity index (χ2n) is 13.5. The van der Waals surface area contributed by atoms with Crippen LogP contribution in [-0.4, -0.2) is 20.1 Å². The fourth-order valence-electron chi connectivity index (χ4n) is 6.70. The van der Waals surface area contributed by atoms with E-state index in [4.69, 9.17) is 4.74 Å². The summed E-state index contributed by atoms with van der Waals surface area (Å²) in [6, 6.07) is 26.0. The largest absolute Gasteiger partial charge is 0.462 e. The van der Waals surface area contributed by atoms with Gasteiger partial charge >= 0.3 is 5.97 Å². The minimum Gasteiger partial charge on any atom is -0.462 e. The molecule has 2 fully saturated rings. The quantitative estimate of drug-likeness (QED) is 0.228. The number of rotatable bonds is 7. The molecule has 3 aromatic carbocycles. The first-order chi connectivity index (χ1) is 18.0. The summed E-state index contributed by atoms with van der Waals surface area (Å²) in [4.78, 5) is 13.8. The standard InChI is InChI=1S/C35H44O2Si/c1-24-16-19-30(35(2,3)28-18-17-25-12-10-11-15-27(25)23-28)31(22-24)37-34(36)33-29(20-21-38(4,5)6)32(33)26-13-8-7-9-14-26/h7-15,17-18,20-21,23-24,29-33H,16,19,22H2,1-6H3/b21-20+. The molecule has 6 atom stereocenters. The van der Waals surface area contributed by atoms with E-state index in [0.717, 1.165) is 12.8 Å². The van der Waals surface area contributed by atoms with Gasteiger partial charge in [-0.1, -0.05) is 131 Å². The van der Waals surface area contributed by atoms with Crippen molar-refractivity contribution in [1.82, 2.24) is 0 Å². The van der Waals surface area contributed by atoms with Gasteiger partial charge < -0.3 is 4.74 Å². The van der Waals surface area contributed by atoms with E-state index < -0.39 is 8.07 Å². The zero-order valence-electron chi connectivity index (χ0n) is 24.0. The lowest BCUT2D eigenvalue weighted by Gasteiger charge is -2.44. The van der Waals surface area contributed by atoms with Crippen molar-refractivity contribution in [2.45, 2.75) is 77.1 Å². The van der Waals surface area contributed by atoms with Crippen LogP contribution in [0.2, 0.25) is 19.6 Å². The highest BCUT2D eigenvalue weighted by Gasteiger charge is 2.56. The van der Waals surface area contributed by atoms with Gasteiger partial charge in [0.15, 0.2) is 0 Å². The molecule has 200 valence electrons. The minimum atomic E-state index is -1.35. The molecule has 0 saturated heterocycles. The molecule has 0 N–H and O–H groups in total. The molecule has 0 heterocycles. The van der Waals surface area contributed by atoms with Gasteiger partial charge in [0.05, 0.1) is 14.0 Å². The average molecular weight is 525 g/mol. The third-order valence-corrected chi connectivity index (χ3v) is 10.3. The monoisotopic (exact) mass is 524 g/mol. The van der Waals surface area contributed by atoms with Crippen LogP contribution in [0.3, 0.4) is 0 Å². The first kappa shape index (κ1) is 26.9. The molecular formula is C35H44O2Si. The van der Waals surface area contributed by atoms with Gasteiger partial charge in [0.2, 0.25) is 0 Å². The molecule has 0 aromatic heterocycles. The highest BCUT2D eigenvalue weighted by molar-refractivity contribution is 6.80. The van der Waals surface area contributed by atoms with Crippen LogP contribution >= 0.6 is 0 Å². The molecule has 2 aliphatic rings. The van der Waals surface area contributed by atoms with Crippen LogP contribution in [0.4, 0.5) is 0 Å². The molecule has 0 radical (unpaired) electrons. The smallest absolute Gasteiger partial charge is 0.310 e. The number of esters is 1. The first-order valence-corrected chi connectivity index (χ1v) is 18.1. The number of carbonyl (C=O) groups excluding carboxylic acids is 1. The Morgan fingerprint density at radius 3 is 2.32 bits per heavy atom. The van der Waals surface area contributed by atoms with Gasteiger partial charge in [0.1, 0.15) is 6.10 Å². The van der Waals surface area contributed by atoms with E-state index in [1.54, 1.807) is 0 Å². The third-order valence-electron chi connectivity index (χ3n) is 9.09. The number of hydrogen-bond acceptors (Lipinski definition) is 2. The maximum absolute atomic E-state index is 13.8. The Hall–Kier alpha value is -2.65. The fraction of sp³-hybridized carbons (Fsp3) is 0.457. The molecular weight excluding hydrogens is 480 g/mol. The Labute approximate surface area is 230 Å². The van der Waals surface area contributed by atoms with Crippen molar-refractivity contribution < 1.29 is 9.53 Å². The maximum Gasteiger partial charge on any atom is 0.310 e. The molecule has 38 heavy (non-hydrogen) atoms. The number of benzene rings is 3. The number of ether oxygens (including phenoxy) is 1. The van der Waals surface area contributed by atoms with Crippen LogP contribution in [-0.2, 0) is 14.9 Å². The van der Waals surface area contributed by atoms with E-state index in [9.17, 15) is 4.79 Å². The number of carbonyl (C=O) groups is 1. The Morgan fingerprint density at radius 1 is 0.921 bits per heavy atom. The molecule has 0 aliphatic heterocycles. The van der Waals surface area contributed by atoms with Gasteiger partial charge in [-0.25, -0.2) is 0 Å². The predicted molar refractivity (Wildman–Crippen MR) is 162 cm³/mol. The summed E-state index contributed by atoms with van der Waals surface area (Å²) in [6.07, 6.45) is 5.51. The van der Waals surface area contributed by atoms with Crippen molar-refractivity contribution in [3.63, 3.8) is 0 Å². The fourth-order valence-corrected chi connectivity index (χ4v) is 7.50. The molecule has 2 saturated carbocycles. The first-order valence-electron chi connectivity index (χ1n) is 14.5. The molecule has 2 nitrogen and oxygen atoms in total. The van der Waals surface area contributed by atoms with Crippen LogP contribution in [0.5, 0.6) is 0 Å². The second-order valence-corrected chi connectivity index (χ2v) is 18.6. The van der Waals surface area contributed by atoms with E-state index in [1.807, 2.05) is 0 Å². The zero-order chi connectivity index (χ0) is 27.1. The van der Waals surface area contributed by atoms with Crippen LogP contribution in [0.25, 0.3) is 10.8 Å². The van der Waals surface area contributed by atoms with E-state index in [1.165, 1.54) is 28.3 Å². The Balaban J connectivity index is 1.39. The van der Waals surface area contributed by atoms with Crippen molar-refractivity contribution in [1.29, 1.82) is 0 Å². The number of allylic oxidation sites excluding steroid dienone is 1. The predicted octanol–water partition coefficient (Wildman–Crippen LogP) is 8.93. The summed E-state index contributed by atoms with van der Waals surface area (Å²) in [5.74, 6) is 1.26. The Morgan fingerprint density at radius 2 is 1.61 bits per heavy atom. The van der Waals surface area contributed by atoms with Crippen molar-refractivity contribution in [2.24, 2.45) is 23.7 Å². The van der Waals surface area contributed by atoms with Gasteiger partial charge in [-0.2, -0.15) is 0 Å². The topological polar surface area (TPSA) is 26.3 Å². The van der Waals surface area contributed by atoms with Crippen LogP contribution in [0.15, 0.2) is 84.6 Å². The third kappa shape index (κ3) is 5.68. The summed E-state index contributed by atoms with van der Waals surface area (Å²) in [5.41, 5.74) is 4.90. The highest BCUT2D eigenvalue weighted by atomic mass is 28.3. The summed E-state index contributed by atoms with van der Waals surface area (Å²) in [7, 11) is -1.35. The van der Waals surface area contributed by atoms with Crippen molar-refractivity contribution in [2.75, 3.05) is 0 Å². The van der Waals surface area contributed by atoms with Crippen molar-refractivity contribution >= 4 is 24.8 Å². The van der Waals surface area contributed by atoms with E-state index in [0.29, 0.717) is 11.8 Å². The van der Waals surface area contributed by atoms with Gasteiger partial charge in [-0.05, 0) is 52.0 Å². The average Bonchev–Trinajstić information content (AvgIpc) is 3.62. The van der Waals surface area contributed by atoms with Gasteiger partial charge in [0.25, 0.3) is 0 Å². The van der Waals surface area contributed by atoms with Crippen LogP contribution in [0.1, 0.15) is 57.1 Å². The highest BCUT2D eigenvalue weighted by Crippen LogP contribution is 2.56. The normalized spacial score (nSPS) is 27.9. The van der Waals surface area contributed by atoms with E-state index in [-0.39, 0.29) is 35.2 Å². The summed E-state index contributed by atoms with van der Waals surface area (Å²) in [6.45, 7) is 14.0. The summed E-state index contributed by atoms with van der Waals surface area (Å²) >= 11 is 0. The summed E-state index contributed by atoms with van der Waals surface area (Å²) < 4.78 is 6.55. The van der Waals surface area contributed by atoms with Crippen molar-refractivity contribution in [3.05, 3.63) is 95.7 Å². The summed E-state index contributed by atoms with van der Waals surface area (Å²) in [5, 5.41) is 2.54. The number of hydrogen-bond donors (Lipinski definition) is 0. The molecule has 3 heteroatoms. The zero-order valence-corrected chi connectivity index (χ0v) is 25.0. The molecule has 0 bridgehead atoms. The van der Waals surface area contributed by atoms with Gasteiger partial charge in [0, 0.05) is 11.8 Å². The van der Waals surface area contributed by atoms with Gasteiger partial charge in [-0.3, -0.25) is 4.79 Å². The lowest BCUT2D eigenvalue weighted by molar-refractivity contribution is -0.158. The lowest BCUT2D eigenvalue weighted by Crippen LogP contribution is -2.43. The van der Waals surface area contributed by atoms with Crippen molar-refractivity contribution in [3.8, 4) is 0 Å². The van der Waals surface area contributed by atoms with Gasteiger partial charge in [-0.15, -0.1) is 0 Å². The van der Waals surface area contributed by atoms with Crippen LogP contribution in [0, 0.1) is 23.7 Å². The maximum atomic E-state index is 13.8. The number of fused-ring (bicyclic) bond motifs is 1. The van der Waals surface area contributed by atoms with E-state index >= 15 is 0 Å². The van der Waals surface area contributed by atoms with E-state index in [2.05, 4.69) is 125 Å². The van der Waals surface area contributed by atoms with Crippen LogP contribution < -0.4 is 0 Å².